The van der Waals surface area contributed by atoms with E-state index in [1.54, 1.807) is 6.20 Å². The van der Waals surface area contributed by atoms with Gasteiger partial charge in [0.05, 0.1) is 11.9 Å². The highest BCUT2D eigenvalue weighted by molar-refractivity contribution is 5.45. The van der Waals surface area contributed by atoms with E-state index in [9.17, 15) is 0 Å². The quantitative estimate of drug-likeness (QED) is 0.766. The SMILES string of the molecule is CC[C@@H]1C[C@H]1CNc1ccc(N)nc1. The van der Waals surface area contributed by atoms with Gasteiger partial charge in [-0.3, -0.25) is 0 Å². The molecule has 76 valence electrons. The summed E-state index contributed by atoms with van der Waals surface area (Å²) in [5.41, 5.74) is 6.57. The second-order valence-corrected chi connectivity index (χ2v) is 4.02. The van der Waals surface area contributed by atoms with Crippen molar-refractivity contribution < 1.29 is 0 Å². The van der Waals surface area contributed by atoms with Gasteiger partial charge in [-0.2, -0.15) is 0 Å². The number of nitrogen functional groups attached to an aromatic ring is 1. The van der Waals surface area contributed by atoms with Gasteiger partial charge in [0.2, 0.25) is 0 Å². The zero-order valence-electron chi connectivity index (χ0n) is 8.53. The fraction of sp³-hybridized carbons (Fsp3) is 0.545. The van der Waals surface area contributed by atoms with Crippen molar-refractivity contribution in [2.45, 2.75) is 19.8 Å². The lowest BCUT2D eigenvalue weighted by atomic mass is 10.2. The van der Waals surface area contributed by atoms with E-state index in [4.69, 9.17) is 5.73 Å². The van der Waals surface area contributed by atoms with Crippen LogP contribution in [-0.4, -0.2) is 11.5 Å². The van der Waals surface area contributed by atoms with Gasteiger partial charge >= 0.3 is 0 Å². The van der Waals surface area contributed by atoms with Crippen LogP contribution in [0.5, 0.6) is 0 Å². The number of anilines is 2. The molecule has 1 heterocycles. The molecule has 0 saturated heterocycles. The molecule has 0 spiro atoms. The van der Waals surface area contributed by atoms with Crippen LogP contribution in [0.3, 0.4) is 0 Å². The van der Waals surface area contributed by atoms with Crippen LogP contribution in [0.15, 0.2) is 18.3 Å². The molecule has 3 nitrogen and oxygen atoms in total. The lowest BCUT2D eigenvalue weighted by Crippen LogP contribution is -2.05. The average Bonchev–Trinajstić information content (AvgIpc) is 2.96. The Morgan fingerprint density at radius 2 is 2.36 bits per heavy atom. The number of hydrogen-bond acceptors (Lipinski definition) is 3. The minimum absolute atomic E-state index is 0.577. The molecule has 1 aliphatic carbocycles. The zero-order valence-corrected chi connectivity index (χ0v) is 8.53. The second-order valence-electron chi connectivity index (χ2n) is 4.02. The van der Waals surface area contributed by atoms with Crippen molar-refractivity contribution in [3.05, 3.63) is 18.3 Å². The second kappa shape index (κ2) is 3.86. The standard InChI is InChI=1S/C11H17N3/c1-2-8-5-9(8)6-13-10-3-4-11(12)14-7-10/h3-4,7-9,13H,2,5-6H2,1H3,(H2,12,14)/t8-,9+/m1/s1. The summed E-state index contributed by atoms with van der Waals surface area (Å²) in [6, 6.07) is 3.80. The Morgan fingerprint density at radius 3 is 2.93 bits per heavy atom. The first-order valence-corrected chi connectivity index (χ1v) is 5.25. The van der Waals surface area contributed by atoms with Gasteiger partial charge in [-0.15, -0.1) is 0 Å². The van der Waals surface area contributed by atoms with Gasteiger partial charge < -0.3 is 11.1 Å². The molecule has 1 aromatic rings. The number of nitrogens with one attached hydrogen (secondary N) is 1. The topological polar surface area (TPSA) is 50.9 Å². The predicted octanol–water partition coefficient (Wildman–Crippen LogP) is 2.12. The van der Waals surface area contributed by atoms with E-state index in [2.05, 4.69) is 17.2 Å². The van der Waals surface area contributed by atoms with Crippen molar-refractivity contribution in [3.63, 3.8) is 0 Å². The molecule has 3 heteroatoms. The van der Waals surface area contributed by atoms with Crippen LogP contribution in [-0.2, 0) is 0 Å². The minimum Gasteiger partial charge on any atom is -0.384 e. The van der Waals surface area contributed by atoms with Gasteiger partial charge in [0.1, 0.15) is 5.82 Å². The molecular formula is C11H17N3. The number of hydrogen-bond donors (Lipinski definition) is 2. The molecule has 14 heavy (non-hydrogen) atoms. The molecule has 0 radical (unpaired) electrons. The van der Waals surface area contributed by atoms with Crippen LogP contribution < -0.4 is 11.1 Å². The summed E-state index contributed by atoms with van der Waals surface area (Å²) in [5.74, 6) is 2.40. The average molecular weight is 191 g/mol. The van der Waals surface area contributed by atoms with Crippen molar-refractivity contribution in [2.75, 3.05) is 17.6 Å². The minimum atomic E-state index is 0.577. The van der Waals surface area contributed by atoms with Gasteiger partial charge in [0.25, 0.3) is 0 Å². The fourth-order valence-electron chi connectivity index (χ4n) is 1.82. The van der Waals surface area contributed by atoms with Gasteiger partial charge in [0.15, 0.2) is 0 Å². The molecule has 0 bridgehead atoms. The highest BCUT2D eigenvalue weighted by atomic mass is 14.9. The molecule has 0 aliphatic heterocycles. The van der Waals surface area contributed by atoms with E-state index in [1.165, 1.54) is 12.8 Å². The Kier molecular flexibility index (Phi) is 2.57. The third kappa shape index (κ3) is 2.16. The van der Waals surface area contributed by atoms with Crippen molar-refractivity contribution in [2.24, 2.45) is 11.8 Å². The van der Waals surface area contributed by atoms with E-state index in [0.717, 1.165) is 24.1 Å². The summed E-state index contributed by atoms with van der Waals surface area (Å²) in [5, 5.41) is 3.38. The maximum Gasteiger partial charge on any atom is 0.123 e. The number of aromatic nitrogens is 1. The smallest absolute Gasteiger partial charge is 0.123 e. The van der Waals surface area contributed by atoms with E-state index in [1.807, 2.05) is 12.1 Å². The molecule has 1 aromatic heterocycles. The third-order valence-electron chi connectivity index (χ3n) is 2.95. The first-order valence-electron chi connectivity index (χ1n) is 5.25. The zero-order chi connectivity index (χ0) is 9.97. The Hall–Kier alpha value is -1.25. The predicted molar refractivity (Wildman–Crippen MR) is 59.0 cm³/mol. The molecule has 1 aliphatic rings. The van der Waals surface area contributed by atoms with Crippen LogP contribution in [0.25, 0.3) is 0 Å². The maximum absolute atomic E-state index is 5.50. The lowest BCUT2D eigenvalue weighted by molar-refractivity contribution is 0.701. The molecule has 2 rings (SSSR count). The summed E-state index contributed by atoms with van der Waals surface area (Å²) >= 11 is 0. The molecule has 3 N–H and O–H groups in total. The normalized spacial score (nSPS) is 24.6. The maximum atomic E-state index is 5.50. The molecule has 2 atom stereocenters. The monoisotopic (exact) mass is 191 g/mol. The molecule has 1 fully saturated rings. The summed E-state index contributed by atoms with van der Waals surface area (Å²) in [4.78, 5) is 4.03. The third-order valence-corrected chi connectivity index (χ3v) is 2.95. The first-order chi connectivity index (χ1) is 6.79. The van der Waals surface area contributed by atoms with Crippen LogP contribution in [0.2, 0.25) is 0 Å². The summed E-state index contributed by atoms with van der Waals surface area (Å²) in [6.07, 6.45) is 4.48. The Balaban J connectivity index is 1.78. The molecule has 1 saturated carbocycles. The molecule has 0 unspecified atom stereocenters. The Morgan fingerprint density at radius 1 is 1.50 bits per heavy atom. The molecule has 0 amide bonds. The number of pyridine rings is 1. The van der Waals surface area contributed by atoms with Gasteiger partial charge in [0, 0.05) is 6.54 Å². The van der Waals surface area contributed by atoms with Gasteiger partial charge in [-0.05, 0) is 30.4 Å². The van der Waals surface area contributed by atoms with Crippen LogP contribution >= 0.6 is 0 Å². The van der Waals surface area contributed by atoms with Crippen LogP contribution in [0, 0.1) is 11.8 Å². The lowest BCUT2D eigenvalue weighted by Gasteiger charge is -2.04. The number of nitrogens with two attached hydrogens (primary N) is 1. The van der Waals surface area contributed by atoms with Crippen LogP contribution in [0.1, 0.15) is 19.8 Å². The van der Waals surface area contributed by atoms with E-state index < -0.39 is 0 Å². The molecule has 0 aromatic carbocycles. The number of rotatable bonds is 4. The largest absolute Gasteiger partial charge is 0.384 e. The summed E-state index contributed by atoms with van der Waals surface area (Å²) in [6.45, 7) is 3.33. The van der Waals surface area contributed by atoms with Crippen molar-refractivity contribution in [1.82, 2.24) is 4.98 Å². The summed E-state index contributed by atoms with van der Waals surface area (Å²) in [7, 11) is 0. The highest BCUT2D eigenvalue weighted by Crippen LogP contribution is 2.40. The Labute approximate surface area is 84.7 Å². The van der Waals surface area contributed by atoms with E-state index in [-0.39, 0.29) is 0 Å². The van der Waals surface area contributed by atoms with Crippen molar-refractivity contribution >= 4 is 11.5 Å². The first kappa shape index (κ1) is 9.31. The molecular weight excluding hydrogens is 174 g/mol. The van der Waals surface area contributed by atoms with Crippen molar-refractivity contribution in [3.8, 4) is 0 Å². The fourth-order valence-corrected chi connectivity index (χ4v) is 1.82. The number of nitrogens with zero attached hydrogens (tertiary/aromatic N) is 1. The van der Waals surface area contributed by atoms with Crippen LogP contribution in [0.4, 0.5) is 11.5 Å². The van der Waals surface area contributed by atoms with Gasteiger partial charge in [-0.25, -0.2) is 4.98 Å². The summed E-state index contributed by atoms with van der Waals surface area (Å²) < 4.78 is 0. The van der Waals surface area contributed by atoms with Gasteiger partial charge in [-0.1, -0.05) is 13.3 Å². The van der Waals surface area contributed by atoms with E-state index in [0.29, 0.717) is 5.82 Å². The highest BCUT2D eigenvalue weighted by Gasteiger charge is 2.34. The Bertz CT molecular complexity index is 294. The van der Waals surface area contributed by atoms with E-state index >= 15 is 0 Å². The van der Waals surface area contributed by atoms with Crippen molar-refractivity contribution in [1.29, 1.82) is 0 Å².